The van der Waals surface area contributed by atoms with Crippen molar-refractivity contribution in [2.45, 2.75) is 45.1 Å². The van der Waals surface area contributed by atoms with E-state index in [0.29, 0.717) is 0 Å². The Labute approximate surface area is 155 Å². The Balaban J connectivity index is 1.57. The maximum absolute atomic E-state index is 12.8. The molecule has 3 aliphatic rings. The molecule has 2 fully saturated rings. The van der Waals surface area contributed by atoms with E-state index in [2.05, 4.69) is 17.1 Å². The predicted octanol–water partition coefficient (Wildman–Crippen LogP) is 0.555. The number of hydrogen-bond acceptors (Lipinski definition) is 6. The first-order valence-corrected chi connectivity index (χ1v) is 9.99. The highest BCUT2D eigenvalue weighted by atomic mass is 16.5. The summed E-state index contributed by atoms with van der Waals surface area (Å²) < 4.78 is 5.51. The van der Waals surface area contributed by atoms with Gasteiger partial charge in [-0.3, -0.25) is 4.79 Å². The largest absolute Gasteiger partial charge is 0.378 e. The number of amides is 1. The van der Waals surface area contributed by atoms with Crippen LogP contribution in [0.5, 0.6) is 0 Å². The number of ether oxygens (including phenoxy) is 1. The fraction of sp³-hybridized carbons (Fsp3) is 0.737. The number of aryl methyl sites for hydroxylation is 1. The van der Waals surface area contributed by atoms with E-state index in [1.54, 1.807) is 0 Å². The fourth-order valence-corrected chi connectivity index (χ4v) is 4.16. The Morgan fingerprint density at radius 3 is 2.73 bits per heavy atom. The zero-order chi connectivity index (χ0) is 17.9. The minimum absolute atomic E-state index is 0.00668. The molecule has 1 atom stereocenters. The van der Waals surface area contributed by atoms with E-state index in [1.807, 2.05) is 4.90 Å². The van der Waals surface area contributed by atoms with Crippen molar-refractivity contribution < 1.29 is 9.53 Å². The van der Waals surface area contributed by atoms with Crippen LogP contribution in [0, 0.1) is 0 Å². The summed E-state index contributed by atoms with van der Waals surface area (Å²) in [6, 6.07) is 0.00668. The number of aromatic nitrogens is 2. The molecule has 0 aromatic carbocycles. The molecule has 3 aliphatic heterocycles. The van der Waals surface area contributed by atoms with E-state index in [4.69, 9.17) is 14.7 Å². The van der Waals surface area contributed by atoms with Crippen molar-refractivity contribution in [1.29, 1.82) is 0 Å². The minimum atomic E-state index is 0.00668. The van der Waals surface area contributed by atoms with Gasteiger partial charge in [0.1, 0.15) is 11.6 Å². The highest BCUT2D eigenvalue weighted by Gasteiger charge is 2.30. The molecule has 26 heavy (non-hydrogen) atoms. The summed E-state index contributed by atoms with van der Waals surface area (Å²) in [7, 11) is 0. The first-order chi connectivity index (χ1) is 12.8. The smallest absolute Gasteiger partial charge is 0.239 e. The molecule has 7 nitrogen and oxygen atoms in total. The highest BCUT2D eigenvalue weighted by molar-refractivity contribution is 5.82. The quantitative estimate of drug-likeness (QED) is 0.850. The van der Waals surface area contributed by atoms with Gasteiger partial charge in [0, 0.05) is 44.6 Å². The van der Waals surface area contributed by atoms with Crippen LogP contribution < -0.4 is 10.2 Å². The number of fused-ring (bicyclic) bond motifs is 1. The SMILES string of the molecule is CCc1nc2c(c(N3CCOCC3)n1)CCN(C(=O)[C@H]1CCCN1)CC2. The van der Waals surface area contributed by atoms with Crippen LogP contribution in [0.4, 0.5) is 5.82 Å². The lowest BCUT2D eigenvalue weighted by molar-refractivity contribution is -0.132. The molecule has 0 bridgehead atoms. The maximum atomic E-state index is 12.8. The number of carbonyl (C=O) groups is 1. The Morgan fingerprint density at radius 1 is 1.19 bits per heavy atom. The van der Waals surface area contributed by atoms with Crippen LogP contribution in [0.25, 0.3) is 0 Å². The van der Waals surface area contributed by atoms with Crippen molar-refractivity contribution >= 4 is 11.7 Å². The summed E-state index contributed by atoms with van der Waals surface area (Å²) in [5.41, 5.74) is 2.37. The van der Waals surface area contributed by atoms with E-state index in [1.165, 1.54) is 5.56 Å². The second-order valence-corrected chi connectivity index (χ2v) is 7.32. The van der Waals surface area contributed by atoms with Gasteiger partial charge in [-0.25, -0.2) is 9.97 Å². The predicted molar refractivity (Wildman–Crippen MR) is 99.5 cm³/mol. The van der Waals surface area contributed by atoms with E-state index in [0.717, 1.165) is 95.4 Å². The van der Waals surface area contributed by atoms with E-state index >= 15 is 0 Å². The molecule has 0 spiro atoms. The van der Waals surface area contributed by atoms with Crippen molar-refractivity contribution in [2.24, 2.45) is 0 Å². The number of morpholine rings is 1. The summed E-state index contributed by atoms with van der Waals surface area (Å²) in [5, 5.41) is 3.34. The van der Waals surface area contributed by atoms with E-state index in [9.17, 15) is 4.79 Å². The normalized spacial score (nSPS) is 23.7. The molecule has 0 saturated carbocycles. The maximum Gasteiger partial charge on any atom is 0.239 e. The molecule has 0 radical (unpaired) electrons. The van der Waals surface area contributed by atoms with Crippen molar-refractivity contribution in [1.82, 2.24) is 20.2 Å². The number of nitrogens with one attached hydrogen (secondary N) is 1. The van der Waals surface area contributed by atoms with Gasteiger partial charge in [0.05, 0.1) is 24.9 Å². The molecule has 1 aromatic rings. The van der Waals surface area contributed by atoms with Gasteiger partial charge in [-0.1, -0.05) is 6.92 Å². The van der Waals surface area contributed by atoms with E-state index < -0.39 is 0 Å². The zero-order valence-corrected chi connectivity index (χ0v) is 15.7. The molecule has 1 amide bonds. The van der Waals surface area contributed by atoms with Crippen molar-refractivity contribution in [2.75, 3.05) is 50.8 Å². The topological polar surface area (TPSA) is 70.6 Å². The van der Waals surface area contributed by atoms with Crippen LogP contribution in [-0.2, 0) is 28.8 Å². The Kier molecular flexibility index (Phi) is 5.36. The molecular formula is C19H29N5O2. The third-order valence-corrected chi connectivity index (χ3v) is 5.66. The molecule has 2 saturated heterocycles. The lowest BCUT2D eigenvalue weighted by Crippen LogP contribution is -2.44. The Morgan fingerprint density at radius 2 is 2.00 bits per heavy atom. The van der Waals surface area contributed by atoms with Crippen LogP contribution in [-0.4, -0.2) is 72.8 Å². The molecule has 7 heteroatoms. The number of hydrogen-bond donors (Lipinski definition) is 1. The summed E-state index contributed by atoms with van der Waals surface area (Å²) in [5.74, 6) is 2.23. The average Bonchev–Trinajstić information content (AvgIpc) is 3.14. The van der Waals surface area contributed by atoms with Gasteiger partial charge in [-0.15, -0.1) is 0 Å². The summed E-state index contributed by atoms with van der Waals surface area (Å²) >= 11 is 0. The average molecular weight is 359 g/mol. The summed E-state index contributed by atoms with van der Waals surface area (Å²) in [6.45, 7) is 7.82. The standard InChI is InChI=1S/C19H29N5O2/c1-2-17-21-15-6-9-24(19(25)16-4-3-7-20-16)8-5-14(15)18(22-17)23-10-12-26-13-11-23/h16,20H,2-13H2,1H3/t16-/m1/s1. The number of anilines is 1. The minimum Gasteiger partial charge on any atom is -0.378 e. The number of carbonyl (C=O) groups excluding carboxylic acids is 1. The van der Waals surface area contributed by atoms with Crippen LogP contribution in [0.15, 0.2) is 0 Å². The highest BCUT2D eigenvalue weighted by Crippen LogP contribution is 2.26. The molecule has 0 unspecified atom stereocenters. The molecular weight excluding hydrogens is 330 g/mol. The first kappa shape index (κ1) is 17.7. The molecule has 4 rings (SSSR count). The first-order valence-electron chi connectivity index (χ1n) is 9.99. The second-order valence-electron chi connectivity index (χ2n) is 7.32. The van der Waals surface area contributed by atoms with Crippen LogP contribution in [0.2, 0.25) is 0 Å². The summed E-state index contributed by atoms with van der Waals surface area (Å²) in [4.78, 5) is 26.9. The number of rotatable bonds is 3. The van der Waals surface area contributed by atoms with Gasteiger partial charge >= 0.3 is 0 Å². The van der Waals surface area contributed by atoms with Gasteiger partial charge in [0.2, 0.25) is 5.91 Å². The number of nitrogens with zero attached hydrogens (tertiary/aromatic N) is 4. The molecule has 0 aliphatic carbocycles. The second kappa shape index (κ2) is 7.88. The van der Waals surface area contributed by atoms with E-state index in [-0.39, 0.29) is 11.9 Å². The van der Waals surface area contributed by atoms with Crippen molar-refractivity contribution in [3.63, 3.8) is 0 Å². The van der Waals surface area contributed by atoms with Crippen molar-refractivity contribution in [3.05, 3.63) is 17.1 Å². The van der Waals surface area contributed by atoms with Gasteiger partial charge in [0.15, 0.2) is 0 Å². The third-order valence-electron chi connectivity index (χ3n) is 5.66. The molecule has 142 valence electrons. The Hall–Kier alpha value is -1.73. The van der Waals surface area contributed by atoms with Crippen molar-refractivity contribution in [3.8, 4) is 0 Å². The van der Waals surface area contributed by atoms with Crippen LogP contribution >= 0.6 is 0 Å². The lowest BCUT2D eigenvalue weighted by Gasteiger charge is -2.30. The van der Waals surface area contributed by atoms with Crippen LogP contribution in [0.3, 0.4) is 0 Å². The molecule has 4 heterocycles. The fourth-order valence-electron chi connectivity index (χ4n) is 4.16. The van der Waals surface area contributed by atoms with Gasteiger partial charge < -0.3 is 19.9 Å². The zero-order valence-electron chi connectivity index (χ0n) is 15.7. The van der Waals surface area contributed by atoms with Gasteiger partial charge in [-0.2, -0.15) is 0 Å². The van der Waals surface area contributed by atoms with Gasteiger partial charge in [0.25, 0.3) is 0 Å². The summed E-state index contributed by atoms with van der Waals surface area (Å²) in [6.07, 6.45) is 4.54. The molecule has 1 N–H and O–H groups in total. The Bertz CT molecular complexity index is 654. The van der Waals surface area contributed by atoms with Gasteiger partial charge in [-0.05, 0) is 25.8 Å². The monoisotopic (exact) mass is 359 g/mol. The molecule has 1 aromatic heterocycles. The third kappa shape index (κ3) is 3.55. The van der Waals surface area contributed by atoms with Crippen LogP contribution in [0.1, 0.15) is 36.8 Å². The lowest BCUT2D eigenvalue weighted by atomic mass is 10.1.